The van der Waals surface area contributed by atoms with Gasteiger partial charge in [0.15, 0.2) is 0 Å². The zero-order valence-electron chi connectivity index (χ0n) is 10.5. The fourth-order valence-corrected chi connectivity index (χ4v) is 2.06. The van der Waals surface area contributed by atoms with Gasteiger partial charge in [0, 0.05) is 31.3 Å². The highest BCUT2D eigenvalue weighted by Crippen LogP contribution is 2.24. The Morgan fingerprint density at radius 3 is 3.00 bits per heavy atom. The van der Waals surface area contributed by atoms with E-state index >= 15 is 0 Å². The third kappa shape index (κ3) is 3.04. The molecule has 1 amide bonds. The minimum absolute atomic E-state index is 0.125. The first-order valence-corrected chi connectivity index (χ1v) is 6.45. The Bertz CT molecular complexity index is 478. The summed E-state index contributed by atoms with van der Waals surface area (Å²) in [5.74, 6) is 1.07. The lowest BCUT2D eigenvalue weighted by atomic mass is 10.3. The second-order valence-corrected chi connectivity index (χ2v) is 4.89. The van der Waals surface area contributed by atoms with Crippen molar-refractivity contribution in [3.8, 4) is 5.88 Å². The maximum absolute atomic E-state index is 10.8. The highest BCUT2D eigenvalue weighted by atomic mass is 16.5. The average molecular weight is 264 g/mol. The van der Waals surface area contributed by atoms with Gasteiger partial charge < -0.3 is 20.1 Å². The highest BCUT2D eigenvalue weighted by Gasteiger charge is 2.28. The number of nitrogens with one attached hydrogen (secondary N) is 1. The van der Waals surface area contributed by atoms with E-state index in [1.54, 1.807) is 12.3 Å². The van der Waals surface area contributed by atoms with Crippen LogP contribution in [0.3, 0.4) is 0 Å². The second-order valence-electron chi connectivity index (χ2n) is 4.89. The van der Waals surface area contributed by atoms with Crippen molar-refractivity contribution >= 4 is 12.0 Å². The van der Waals surface area contributed by atoms with Crippen LogP contribution in [0, 0.1) is 0 Å². The smallest absolute Gasteiger partial charge is 0.407 e. The lowest BCUT2D eigenvalue weighted by Crippen LogP contribution is -2.29. The topological polar surface area (TPSA) is 87.6 Å². The number of aromatic nitrogens is 2. The molecule has 1 atom stereocenters. The van der Waals surface area contributed by atoms with E-state index in [1.807, 2.05) is 0 Å². The van der Waals surface area contributed by atoms with Crippen LogP contribution in [-0.2, 0) is 0 Å². The van der Waals surface area contributed by atoms with Crippen molar-refractivity contribution in [2.75, 3.05) is 18.4 Å². The van der Waals surface area contributed by atoms with Gasteiger partial charge in [-0.05, 0) is 12.8 Å². The number of rotatable bonds is 4. The molecule has 102 valence electrons. The van der Waals surface area contributed by atoms with Crippen molar-refractivity contribution in [1.29, 1.82) is 0 Å². The fourth-order valence-electron chi connectivity index (χ4n) is 2.06. The summed E-state index contributed by atoms with van der Waals surface area (Å²) in [5.41, 5.74) is 0. The summed E-state index contributed by atoms with van der Waals surface area (Å²) in [6.45, 7) is 0.906. The van der Waals surface area contributed by atoms with Gasteiger partial charge in [-0.25, -0.2) is 9.78 Å². The molecule has 7 heteroatoms. The quantitative estimate of drug-likeness (QED) is 0.849. The van der Waals surface area contributed by atoms with Gasteiger partial charge in [-0.2, -0.15) is 4.98 Å². The number of carbonyl (C=O) groups is 1. The van der Waals surface area contributed by atoms with Gasteiger partial charge in [-0.15, -0.1) is 0 Å². The number of nitrogens with zero attached hydrogens (tertiary/aromatic N) is 3. The van der Waals surface area contributed by atoms with E-state index in [-0.39, 0.29) is 6.10 Å². The number of anilines is 1. The molecule has 0 spiro atoms. The molecule has 1 aliphatic heterocycles. The molecule has 1 aliphatic carbocycles. The van der Waals surface area contributed by atoms with Crippen molar-refractivity contribution in [1.82, 2.24) is 14.9 Å². The largest absolute Gasteiger partial charge is 0.472 e. The Labute approximate surface area is 110 Å². The van der Waals surface area contributed by atoms with Crippen LogP contribution >= 0.6 is 0 Å². The van der Waals surface area contributed by atoms with Crippen molar-refractivity contribution < 1.29 is 14.6 Å². The molecule has 7 nitrogen and oxygen atoms in total. The van der Waals surface area contributed by atoms with Gasteiger partial charge >= 0.3 is 6.09 Å². The fraction of sp³-hybridized carbons (Fsp3) is 0.583. The number of amides is 1. The zero-order valence-corrected chi connectivity index (χ0v) is 10.5. The van der Waals surface area contributed by atoms with Crippen LogP contribution in [-0.4, -0.2) is 51.3 Å². The third-order valence-electron chi connectivity index (χ3n) is 3.24. The van der Waals surface area contributed by atoms with Gasteiger partial charge in [0.1, 0.15) is 6.10 Å². The minimum Gasteiger partial charge on any atom is -0.472 e. The number of hydrogen-bond donors (Lipinski definition) is 2. The molecule has 2 heterocycles. The summed E-state index contributed by atoms with van der Waals surface area (Å²) < 4.78 is 5.70. The first kappa shape index (κ1) is 12.0. The van der Waals surface area contributed by atoms with Crippen LogP contribution in [0.5, 0.6) is 5.88 Å². The first-order chi connectivity index (χ1) is 9.20. The molecule has 3 rings (SSSR count). The molecule has 1 saturated heterocycles. The molecule has 1 aromatic heterocycles. The van der Waals surface area contributed by atoms with Crippen molar-refractivity contribution in [3.05, 3.63) is 12.3 Å². The third-order valence-corrected chi connectivity index (χ3v) is 3.24. The van der Waals surface area contributed by atoms with Crippen LogP contribution in [0.15, 0.2) is 12.3 Å². The molecule has 0 bridgehead atoms. The maximum atomic E-state index is 10.8. The lowest BCUT2D eigenvalue weighted by Gasteiger charge is -2.14. The number of hydrogen-bond acceptors (Lipinski definition) is 5. The molecule has 0 aromatic carbocycles. The molecule has 0 unspecified atom stereocenters. The number of carboxylic acid groups (broad SMARTS) is 1. The number of likely N-dealkylation sites (tertiary alicyclic amines) is 1. The van der Waals surface area contributed by atoms with Crippen molar-refractivity contribution in [3.63, 3.8) is 0 Å². The van der Waals surface area contributed by atoms with Gasteiger partial charge in [0.05, 0.1) is 6.54 Å². The molecule has 2 fully saturated rings. The van der Waals surface area contributed by atoms with E-state index in [4.69, 9.17) is 9.84 Å². The van der Waals surface area contributed by atoms with E-state index in [2.05, 4.69) is 15.3 Å². The minimum atomic E-state index is -0.898. The van der Waals surface area contributed by atoms with E-state index in [1.165, 1.54) is 4.90 Å². The molecule has 1 aromatic rings. The van der Waals surface area contributed by atoms with Crippen LogP contribution in [0.1, 0.15) is 19.3 Å². The molecular formula is C12H16N4O3. The van der Waals surface area contributed by atoms with Gasteiger partial charge in [0.25, 0.3) is 0 Å². The molecule has 19 heavy (non-hydrogen) atoms. The summed E-state index contributed by atoms with van der Waals surface area (Å²) in [5, 5.41) is 12.1. The summed E-state index contributed by atoms with van der Waals surface area (Å²) in [4.78, 5) is 20.6. The Morgan fingerprint density at radius 1 is 1.47 bits per heavy atom. The van der Waals surface area contributed by atoms with Crippen molar-refractivity contribution in [2.24, 2.45) is 0 Å². The van der Waals surface area contributed by atoms with E-state index < -0.39 is 6.09 Å². The van der Waals surface area contributed by atoms with Crippen molar-refractivity contribution in [2.45, 2.75) is 31.4 Å². The van der Waals surface area contributed by atoms with Gasteiger partial charge in [-0.1, -0.05) is 0 Å². The second kappa shape index (κ2) is 4.91. The zero-order chi connectivity index (χ0) is 13.2. The van der Waals surface area contributed by atoms with Crippen LogP contribution in [0.25, 0.3) is 0 Å². The summed E-state index contributed by atoms with van der Waals surface area (Å²) in [6, 6.07) is 2.19. The Hall–Kier alpha value is -2.05. The normalized spacial score (nSPS) is 22.3. The molecular weight excluding hydrogens is 248 g/mol. The van der Waals surface area contributed by atoms with E-state index in [0.717, 1.165) is 12.8 Å². The first-order valence-electron chi connectivity index (χ1n) is 6.45. The van der Waals surface area contributed by atoms with Crippen LogP contribution in [0.4, 0.5) is 10.7 Å². The Morgan fingerprint density at radius 2 is 2.32 bits per heavy atom. The number of ether oxygens (including phenoxy) is 1. The predicted octanol–water partition coefficient (Wildman–Crippen LogP) is 1.18. The van der Waals surface area contributed by atoms with E-state index in [0.29, 0.717) is 37.4 Å². The van der Waals surface area contributed by atoms with E-state index in [9.17, 15) is 4.79 Å². The monoisotopic (exact) mass is 264 g/mol. The highest BCUT2D eigenvalue weighted by molar-refractivity contribution is 5.65. The average Bonchev–Trinajstić information content (AvgIpc) is 3.05. The maximum Gasteiger partial charge on any atom is 0.407 e. The summed E-state index contributed by atoms with van der Waals surface area (Å²) >= 11 is 0. The molecule has 1 saturated carbocycles. The SMILES string of the molecule is O=C(O)N1CC[C@H](Oc2ccnc(NC3CC3)n2)C1. The van der Waals surface area contributed by atoms with Gasteiger partial charge in [-0.3, -0.25) is 0 Å². The van der Waals surface area contributed by atoms with Crippen LogP contribution in [0.2, 0.25) is 0 Å². The van der Waals surface area contributed by atoms with Gasteiger partial charge in [0.2, 0.25) is 11.8 Å². The summed E-state index contributed by atoms with van der Waals surface area (Å²) in [7, 11) is 0. The predicted molar refractivity (Wildman–Crippen MR) is 67.3 cm³/mol. The van der Waals surface area contributed by atoms with Crippen LogP contribution < -0.4 is 10.1 Å². The molecule has 2 N–H and O–H groups in total. The Balaban J connectivity index is 1.58. The molecule has 2 aliphatic rings. The lowest BCUT2D eigenvalue weighted by molar-refractivity contribution is 0.144. The molecule has 0 radical (unpaired) electrons. The standard InChI is InChI=1S/C12H16N4O3/c17-12(18)16-6-4-9(7-16)19-10-3-5-13-11(15-10)14-8-1-2-8/h3,5,8-9H,1-2,4,6-7H2,(H,17,18)(H,13,14,15)/t9-/m0/s1. The summed E-state index contributed by atoms with van der Waals surface area (Å²) in [6.07, 6.45) is 3.64. The Kier molecular flexibility index (Phi) is 3.10.